The largest absolute Gasteiger partial charge is 0.469 e. The van der Waals surface area contributed by atoms with Gasteiger partial charge in [-0.05, 0) is 60.7 Å². The fourth-order valence-corrected chi connectivity index (χ4v) is 4.19. The molecule has 0 radical (unpaired) electrons. The summed E-state index contributed by atoms with van der Waals surface area (Å²) in [5.41, 5.74) is -2.31. The van der Waals surface area contributed by atoms with Crippen LogP contribution in [0.25, 0.3) is 0 Å². The van der Waals surface area contributed by atoms with Gasteiger partial charge < -0.3 is 9.47 Å². The zero-order chi connectivity index (χ0) is 24.4. The van der Waals surface area contributed by atoms with Crippen molar-refractivity contribution in [3.05, 3.63) is 70.5 Å². The van der Waals surface area contributed by atoms with Crippen LogP contribution in [-0.2, 0) is 33.0 Å². The summed E-state index contributed by atoms with van der Waals surface area (Å²) in [5.74, 6) is -1.97. The van der Waals surface area contributed by atoms with Gasteiger partial charge in [-0.15, -0.1) is 0 Å². The molecular weight excluding hydrogens is 457 g/mol. The Morgan fingerprint density at radius 3 is 2.03 bits per heavy atom. The Morgan fingerprint density at radius 1 is 0.939 bits per heavy atom. The molecular formula is C23H21F7O3. The van der Waals surface area contributed by atoms with Crippen molar-refractivity contribution in [1.82, 2.24) is 0 Å². The summed E-state index contributed by atoms with van der Waals surface area (Å²) in [6.07, 6.45) is -9.73. The molecule has 3 atom stereocenters. The van der Waals surface area contributed by atoms with Gasteiger partial charge in [0, 0.05) is 5.92 Å². The van der Waals surface area contributed by atoms with E-state index in [1.54, 1.807) is 0 Å². The lowest BCUT2D eigenvalue weighted by atomic mass is 9.87. The summed E-state index contributed by atoms with van der Waals surface area (Å²) in [7, 11) is 1.24. The van der Waals surface area contributed by atoms with Crippen molar-refractivity contribution in [2.24, 2.45) is 5.92 Å². The molecule has 1 fully saturated rings. The number of hydrogen-bond acceptors (Lipinski definition) is 3. The van der Waals surface area contributed by atoms with E-state index in [1.807, 2.05) is 0 Å². The van der Waals surface area contributed by atoms with E-state index in [0.29, 0.717) is 30.5 Å². The maximum atomic E-state index is 13.3. The van der Waals surface area contributed by atoms with Gasteiger partial charge in [0.15, 0.2) is 0 Å². The third kappa shape index (κ3) is 6.04. The highest BCUT2D eigenvalue weighted by atomic mass is 19.4. The molecule has 2 aromatic rings. The molecule has 0 bridgehead atoms. The molecule has 0 unspecified atom stereocenters. The predicted octanol–water partition coefficient (Wildman–Crippen LogP) is 6.16. The number of ether oxygens (including phenoxy) is 2. The lowest BCUT2D eigenvalue weighted by Gasteiger charge is -2.24. The third-order valence-electron chi connectivity index (χ3n) is 5.73. The highest BCUT2D eigenvalue weighted by Crippen LogP contribution is 2.42. The van der Waals surface area contributed by atoms with E-state index >= 15 is 0 Å². The molecule has 3 nitrogen and oxygen atoms in total. The fourth-order valence-electron chi connectivity index (χ4n) is 4.19. The van der Waals surface area contributed by atoms with Gasteiger partial charge in [-0.2, -0.15) is 26.3 Å². The van der Waals surface area contributed by atoms with Crippen LogP contribution in [0.15, 0.2) is 42.5 Å². The molecule has 0 aromatic heterocycles. The second-order valence-corrected chi connectivity index (χ2v) is 7.86. The zero-order valence-corrected chi connectivity index (χ0v) is 17.5. The molecule has 0 amide bonds. The summed E-state index contributed by atoms with van der Waals surface area (Å²) in [5, 5.41) is 0. The van der Waals surface area contributed by atoms with Crippen LogP contribution in [0.4, 0.5) is 30.7 Å². The van der Waals surface area contributed by atoms with Crippen molar-refractivity contribution in [2.45, 2.75) is 43.6 Å². The quantitative estimate of drug-likeness (QED) is 0.369. The van der Waals surface area contributed by atoms with Gasteiger partial charge in [0.05, 0.1) is 36.9 Å². The Bertz CT molecular complexity index is 935. The first-order valence-corrected chi connectivity index (χ1v) is 10.1. The van der Waals surface area contributed by atoms with Crippen LogP contribution >= 0.6 is 0 Å². The Kier molecular flexibility index (Phi) is 7.36. The van der Waals surface area contributed by atoms with Crippen LogP contribution in [0.2, 0.25) is 0 Å². The Hall–Kier alpha value is -2.62. The molecule has 180 valence electrons. The number of carbonyl (C=O) groups is 1. The van der Waals surface area contributed by atoms with Crippen LogP contribution in [0.5, 0.6) is 0 Å². The third-order valence-corrected chi connectivity index (χ3v) is 5.73. The van der Waals surface area contributed by atoms with Crippen molar-refractivity contribution >= 4 is 5.97 Å². The first-order valence-electron chi connectivity index (χ1n) is 10.1. The second kappa shape index (κ2) is 9.70. The molecule has 0 heterocycles. The van der Waals surface area contributed by atoms with Crippen molar-refractivity contribution in [2.75, 3.05) is 13.7 Å². The van der Waals surface area contributed by atoms with E-state index < -0.39 is 53.2 Å². The molecule has 33 heavy (non-hydrogen) atoms. The monoisotopic (exact) mass is 478 g/mol. The maximum Gasteiger partial charge on any atom is 0.416 e. The summed E-state index contributed by atoms with van der Waals surface area (Å²) < 4.78 is 102. The summed E-state index contributed by atoms with van der Waals surface area (Å²) in [6.45, 7) is -0.158. The number of esters is 1. The number of benzene rings is 2. The van der Waals surface area contributed by atoms with Crippen molar-refractivity contribution in [1.29, 1.82) is 0 Å². The van der Waals surface area contributed by atoms with Gasteiger partial charge in [0.1, 0.15) is 5.82 Å². The Morgan fingerprint density at radius 2 is 1.52 bits per heavy atom. The molecule has 1 aliphatic carbocycles. The minimum absolute atomic E-state index is 0.0762. The van der Waals surface area contributed by atoms with Gasteiger partial charge in [-0.25, -0.2) is 4.39 Å². The molecule has 2 aromatic carbocycles. The van der Waals surface area contributed by atoms with E-state index in [0.717, 1.165) is 0 Å². The molecule has 0 aliphatic heterocycles. The first kappa shape index (κ1) is 25.0. The van der Waals surface area contributed by atoms with E-state index in [-0.39, 0.29) is 24.7 Å². The Balaban J connectivity index is 1.77. The van der Waals surface area contributed by atoms with Gasteiger partial charge in [-0.3, -0.25) is 4.79 Å². The fraction of sp³-hybridized carbons (Fsp3) is 0.435. The number of rotatable bonds is 6. The van der Waals surface area contributed by atoms with E-state index in [1.165, 1.54) is 31.4 Å². The number of methoxy groups -OCH3 is 1. The van der Waals surface area contributed by atoms with E-state index in [2.05, 4.69) is 0 Å². The van der Waals surface area contributed by atoms with Crippen LogP contribution < -0.4 is 0 Å². The Labute approximate surface area is 185 Å². The normalized spacial score (nSPS) is 21.3. The smallest absolute Gasteiger partial charge is 0.416 e. The van der Waals surface area contributed by atoms with E-state index in [4.69, 9.17) is 9.47 Å². The average molecular weight is 478 g/mol. The summed E-state index contributed by atoms with van der Waals surface area (Å²) in [4.78, 5) is 12.2. The number of carbonyl (C=O) groups excluding carboxylic acids is 1. The van der Waals surface area contributed by atoms with Gasteiger partial charge in [0.25, 0.3) is 0 Å². The minimum Gasteiger partial charge on any atom is -0.469 e. The van der Waals surface area contributed by atoms with Gasteiger partial charge in [0.2, 0.25) is 0 Å². The van der Waals surface area contributed by atoms with Crippen molar-refractivity contribution < 1.29 is 45.0 Å². The molecule has 0 saturated heterocycles. The van der Waals surface area contributed by atoms with Gasteiger partial charge >= 0.3 is 18.3 Å². The first-order chi connectivity index (χ1) is 15.4. The SMILES string of the molecule is COC(=O)[C@@H]1CC[C@H](OCCc2cc(C(F)(F)F)cc(C(F)(F)F)c2)[C@H]1c1ccc(F)cc1. The molecule has 10 heteroatoms. The van der Waals surface area contributed by atoms with Crippen LogP contribution in [0.3, 0.4) is 0 Å². The van der Waals surface area contributed by atoms with Crippen LogP contribution in [0.1, 0.15) is 41.0 Å². The summed E-state index contributed by atoms with van der Waals surface area (Å²) in [6, 6.07) is 6.91. The topological polar surface area (TPSA) is 35.5 Å². The number of halogens is 7. The summed E-state index contributed by atoms with van der Waals surface area (Å²) >= 11 is 0. The van der Waals surface area contributed by atoms with Crippen LogP contribution in [0, 0.1) is 11.7 Å². The van der Waals surface area contributed by atoms with Gasteiger partial charge in [-0.1, -0.05) is 12.1 Å². The number of hydrogen-bond donors (Lipinski definition) is 0. The standard InChI is InChI=1S/C23H21F7O3/c1-32-21(31)18-6-7-19(20(18)14-2-4-17(24)5-3-14)33-9-8-13-10-15(22(25,26)27)12-16(11-13)23(28,29)30/h2-5,10-12,18-20H,6-9H2,1H3/t18-,19+,20+/m1/s1. The lowest BCUT2D eigenvalue weighted by Crippen LogP contribution is -2.26. The van der Waals surface area contributed by atoms with Crippen LogP contribution in [-0.4, -0.2) is 25.8 Å². The van der Waals surface area contributed by atoms with E-state index in [9.17, 15) is 35.5 Å². The molecule has 3 rings (SSSR count). The highest BCUT2D eigenvalue weighted by molar-refractivity contribution is 5.74. The highest BCUT2D eigenvalue weighted by Gasteiger charge is 2.42. The zero-order valence-electron chi connectivity index (χ0n) is 17.5. The lowest BCUT2D eigenvalue weighted by molar-refractivity contribution is -0.146. The van der Waals surface area contributed by atoms with Crippen molar-refractivity contribution in [3.8, 4) is 0 Å². The van der Waals surface area contributed by atoms with Crippen molar-refractivity contribution in [3.63, 3.8) is 0 Å². The number of alkyl halides is 6. The second-order valence-electron chi connectivity index (χ2n) is 7.86. The predicted molar refractivity (Wildman–Crippen MR) is 104 cm³/mol. The molecule has 1 saturated carbocycles. The maximum absolute atomic E-state index is 13.3. The average Bonchev–Trinajstić information content (AvgIpc) is 3.16. The minimum atomic E-state index is -4.93. The molecule has 0 N–H and O–H groups in total. The molecule has 0 spiro atoms. The molecule has 1 aliphatic rings.